The highest BCUT2D eigenvalue weighted by Crippen LogP contribution is 2.27. The predicted octanol–water partition coefficient (Wildman–Crippen LogP) is 2.58. The molecule has 1 aliphatic heterocycles. The Balaban J connectivity index is 2.06. The van der Waals surface area contributed by atoms with Crippen LogP contribution in [0.4, 0.5) is 8.78 Å². The van der Waals surface area contributed by atoms with Gasteiger partial charge in [-0.25, -0.2) is 0 Å². The molecule has 1 aromatic carbocycles. The van der Waals surface area contributed by atoms with E-state index >= 15 is 0 Å². The lowest BCUT2D eigenvalue weighted by Gasteiger charge is -2.25. The van der Waals surface area contributed by atoms with Crippen molar-refractivity contribution in [3.05, 3.63) is 29.8 Å². The zero-order valence-corrected chi connectivity index (χ0v) is 7.45. The van der Waals surface area contributed by atoms with Crippen molar-refractivity contribution in [2.75, 3.05) is 0 Å². The molecule has 1 aliphatic rings. The molecule has 0 fully saturated rings. The van der Waals surface area contributed by atoms with Crippen LogP contribution in [0.3, 0.4) is 0 Å². The van der Waals surface area contributed by atoms with E-state index < -0.39 is 12.9 Å². The third kappa shape index (κ3) is 2.01. The Morgan fingerprint density at radius 2 is 2.14 bits per heavy atom. The summed E-state index contributed by atoms with van der Waals surface area (Å²) in [4.78, 5) is 0. The lowest BCUT2D eigenvalue weighted by atomic mass is 10.1. The molecule has 1 atom stereocenters. The van der Waals surface area contributed by atoms with Crippen LogP contribution in [-0.2, 0) is 11.2 Å². The van der Waals surface area contributed by atoms with Crippen LogP contribution in [0.2, 0.25) is 0 Å². The van der Waals surface area contributed by atoms with Gasteiger partial charge in [0.15, 0.2) is 0 Å². The Morgan fingerprint density at radius 1 is 1.36 bits per heavy atom. The van der Waals surface area contributed by atoms with Crippen LogP contribution >= 0.6 is 0 Å². The summed E-state index contributed by atoms with van der Waals surface area (Å²) < 4.78 is 33.3. The monoisotopic (exact) mass is 200 g/mol. The van der Waals surface area contributed by atoms with E-state index in [1.54, 1.807) is 6.07 Å². The lowest BCUT2D eigenvalue weighted by Crippen LogP contribution is -2.27. The minimum Gasteiger partial charge on any atom is -0.464 e. The number of aryl methyl sites for hydroxylation is 1. The van der Waals surface area contributed by atoms with Crippen LogP contribution in [0.25, 0.3) is 0 Å². The molecule has 0 spiro atoms. The second kappa shape index (κ2) is 3.92. The number of hydrogen-bond donors (Lipinski definition) is 0. The quantitative estimate of drug-likeness (QED) is 0.730. The van der Waals surface area contributed by atoms with Gasteiger partial charge in [0.2, 0.25) is 6.29 Å². The van der Waals surface area contributed by atoms with Gasteiger partial charge in [0, 0.05) is 6.42 Å². The minimum atomic E-state index is -2.77. The molecule has 4 heteroatoms. The van der Waals surface area contributed by atoms with E-state index in [-0.39, 0.29) is 0 Å². The molecule has 1 aromatic rings. The Hall–Kier alpha value is -1.16. The van der Waals surface area contributed by atoms with E-state index in [0.29, 0.717) is 18.6 Å². The van der Waals surface area contributed by atoms with Gasteiger partial charge in [-0.3, -0.25) is 4.74 Å². The Kier molecular flexibility index (Phi) is 2.63. The minimum absolute atomic E-state index is 0.474. The largest absolute Gasteiger partial charge is 0.464 e. The molecule has 0 radical (unpaired) electrons. The van der Waals surface area contributed by atoms with Crippen LogP contribution < -0.4 is 4.74 Å². The third-order valence-corrected chi connectivity index (χ3v) is 2.14. The molecule has 1 heterocycles. The average molecular weight is 200 g/mol. The van der Waals surface area contributed by atoms with Crippen molar-refractivity contribution < 1.29 is 18.3 Å². The molecule has 0 N–H and O–H groups in total. The molecule has 0 saturated carbocycles. The van der Waals surface area contributed by atoms with Crippen molar-refractivity contribution >= 4 is 0 Å². The number of alkyl halides is 2. The normalized spacial score (nSPS) is 20.4. The van der Waals surface area contributed by atoms with Crippen LogP contribution in [0, 0.1) is 0 Å². The van der Waals surface area contributed by atoms with Gasteiger partial charge in [-0.1, -0.05) is 18.2 Å². The molecule has 76 valence electrons. The molecule has 1 unspecified atom stereocenters. The third-order valence-electron chi connectivity index (χ3n) is 2.14. The number of hydrogen-bond acceptors (Lipinski definition) is 2. The van der Waals surface area contributed by atoms with Crippen molar-refractivity contribution in [3.8, 4) is 5.75 Å². The maximum Gasteiger partial charge on any atom is 0.348 e. The smallest absolute Gasteiger partial charge is 0.348 e. The van der Waals surface area contributed by atoms with Crippen molar-refractivity contribution in [1.82, 2.24) is 0 Å². The zero-order chi connectivity index (χ0) is 9.97. The van der Waals surface area contributed by atoms with Crippen LogP contribution in [0.15, 0.2) is 24.3 Å². The second-order valence-corrected chi connectivity index (χ2v) is 3.09. The molecular formula is C10H10F2O2. The number of ether oxygens (including phenoxy) is 2. The Morgan fingerprint density at radius 3 is 2.93 bits per heavy atom. The fraction of sp³-hybridized carbons (Fsp3) is 0.400. The molecule has 14 heavy (non-hydrogen) atoms. The standard InChI is InChI=1S/C10H10F2O2/c11-10(12)14-9-6-5-7-3-1-2-4-8(7)13-9/h1-4,9-10H,5-6H2. The van der Waals surface area contributed by atoms with Gasteiger partial charge in [-0.2, -0.15) is 8.78 Å². The van der Waals surface area contributed by atoms with E-state index in [2.05, 4.69) is 4.74 Å². The summed E-state index contributed by atoms with van der Waals surface area (Å²) in [5.74, 6) is 0.643. The summed E-state index contributed by atoms with van der Waals surface area (Å²) in [7, 11) is 0. The van der Waals surface area contributed by atoms with Gasteiger partial charge in [0.25, 0.3) is 0 Å². The van der Waals surface area contributed by atoms with Gasteiger partial charge >= 0.3 is 6.61 Å². The van der Waals surface area contributed by atoms with Crippen molar-refractivity contribution in [1.29, 1.82) is 0 Å². The number of fused-ring (bicyclic) bond motifs is 1. The number of halogens is 2. The fourth-order valence-corrected chi connectivity index (χ4v) is 1.51. The number of rotatable bonds is 2. The highest BCUT2D eigenvalue weighted by atomic mass is 19.3. The topological polar surface area (TPSA) is 18.5 Å². The highest BCUT2D eigenvalue weighted by Gasteiger charge is 2.22. The molecule has 2 rings (SSSR count). The Bertz CT molecular complexity index is 315. The van der Waals surface area contributed by atoms with E-state index in [0.717, 1.165) is 5.56 Å². The summed E-state index contributed by atoms with van der Waals surface area (Å²) in [6.07, 6.45) is 0.374. The molecule has 0 bridgehead atoms. The van der Waals surface area contributed by atoms with E-state index in [1.807, 2.05) is 18.2 Å². The molecule has 0 amide bonds. The summed E-state index contributed by atoms with van der Waals surface area (Å²) >= 11 is 0. The number of para-hydroxylation sites is 1. The van der Waals surface area contributed by atoms with Crippen LogP contribution in [-0.4, -0.2) is 12.9 Å². The molecule has 0 aliphatic carbocycles. The molecule has 2 nitrogen and oxygen atoms in total. The van der Waals surface area contributed by atoms with Crippen molar-refractivity contribution in [2.24, 2.45) is 0 Å². The van der Waals surface area contributed by atoms with Gasteiger partial charge in [-0.05, 0) is 18.1 Å². The first-order chi connectivity index (χ1) is 6.75. The van der Waals surface area contributed by atoms with Crippen molar-refractivity contribution in [3.63, 3.8) is 0 Å². The predicted molar refractivity (Wildman–Crippen MR) is 46.3 cm³/mol. The maximum atomic E-state index is 11.9. The van der Waals surface area contributed by atoms with Crippen LogP contribution in [0.5, 0.6) is 5.75 Å². The summed E-state index contributed by atoms with van der Waals surface area (Å²) in [6.45, 7) is -2.77. The molecule has 0 aromatic heterocycles. The van der Waals surface area contributed by atoms with E-state index in [9.17, 15) is 8.78 Å². The second-order valence-electron chi connectivity index (χ2n) is 3.09. The van der Waals surface area contributed by atoms with Gasteiger partial charge in [0.05, 0.1) is 0 Å². The average Bonchev–Trinajstić information content (AvgIpc) is 2.17. The summed E-state index contributed by atoms with van der Waals surface area (Å²) in [5.41, 5.74) is 1.04. The molecule has 0 saturated heterocycles. The van der Waals surface area contributed by atoms with Gasteiger partial charge < -0.3 is 4.74 Å². The van der Waals surface area contributed by atoms with Crippen LogP contribution in [0.1, 0.15) is 12.0 Å². The first-order valence-electron chi connectivity index (χ1n) is 4.44. The maximum absolute atomic E-state index is 11.9. The van der Waals surface area contributed by atoms with Gasteiger partial charge in [-0.15, -0.1) is 0 Å². The first kappa shape index (κ1) is 9.40. The lowest BCUT2D eigenvalue weighted by molar-refractivity contribution is -0.221. The van der Waals surface area contributed by atoms with Gasteiger partial charge in [0.1, 0.15) is 5.75 Å². The summed E-state index contributed by atoms with van der Waals surface area (Å²) in [6, 6.07) is 7.39. The van der Waals surface area contributed by atoms with E-state index in [1.165, 1.54) is 0 Å². The fourth-order valence-electron chi connectivity index (χ4n) is 1.51. The number of benzene rings is 1. The highest BCUT2D eigenvalue weighted by molar-refractivity contribution is 5.34. The zero-order valence-electron chi connectivity index (χ0n) is 7.45. The summed E-state index contributed by atoms with van der Waals surface area (Å²) in [5, 5.41) is 0. The van der Waals surface area contributed by atoms with Crippen molar-refractivity contribution in [2.45, 2.75) is 25.7 Å². The Labute approximate surface area is 80.4 Å². The first-order valence-corrected chi connectivity index (χ1v) is 4.44. The molecular weight excluding hydrogens is 190 g/mol. The SMILES string of the molecule is FC(F)OC1CCc2ccccc2O1. The van der Waals surface area contributed by atoms with E-state index in [4.69, 9.17) is 4.74 Å².